The lowest BCUT2D eigenvalue weighted by atomic mass is 9.90. The molecule has 3 heterocycles. The number of fused-ring (bicyclic) bond motifs is 2. The molecular weight excluding hydrogens is 564 g/mol. The van der Waals surface area contributed by atoms with Crippen molar-refractivity contribution in [1.29, 1.82) is 0 Å². The summed E-state index contributed by atoms with van der Waals surface area (Å²) in [6.45, 7) is 2.74. The summed E-state index contributed by atoms with van der Waals surface area (Å²) in [5.41, 5.74) is 7.87. The third kappa shape index (κ3) is 6.52. The maximum atomic E-state index is 9.53. The van der Waals surface area contributed by atoms with Gasteiger partial charge in [0.05, 0.1) is 35.9 Å². The summed E-state index contributed by atoms with van der Waals surface area (Å²) in [6.07, 6.45) is 5.22. The highest BCUT2D eigenvalue weighted by atomic mass is 16.8. The van der Waals surface area contributed by atoms with E-state index in [0.717, 1.165) is 48.4 Å². The molecule has 0 spiro atoms. The van der Waals surface area contributed by atoms with Gasteiger partial charge < -0.3 is 14.7 Å². The van der Waals surface area contributed by atoms with E-state index in [1.165, 1.54) is 22.4 Å². The molecule has 0 aliphatic heterocycles. The van der Waals surface area contributed by atoms with Gasteiger partial charge in [0.25, 0.3) is 0 Å². The molecule has 0 bridgehead atoms. The van der Waals surface area contributed by atoms with E-state index in [1.807, 2.05) is 42.6 Å². The normalized spacial score (nSPS) is 14.6. The number of pyridine rings is 1. The van der Waals surface area contributed by atoms with Gasteiger partial charge in [-0.2, -0.15) is 0 Å². The van der Waals surface area contributed by atoms with Gasteiger partial charge in [0.1, 0.15) is 23.0 Å². The van der Waals surface area contributed by atoms with E-state index in [0.29, 0.717) is 31.0 Å². The van der Waals surface area contributed by atoms with Crippen LogP contribution in [0, 0.1) is 0 Å². The summed E-state index contributed by atoms with van der Waals surface area (Å²) in [7, 11) is 0. The Bertz CT molecular complexity index is 1850. The topological polar surface area (TPSA) is 114 Å². The number of benzene rings is 3. The number of aryl methyl sites for hydroxylation is 1. The van der Waals surface area contributed by atoms with Crippen molar-refractivity contribution in [3.05, 3.63) is 137 Å². The van der Waals surface area contributed by atoms with Crippen LogP contribution in [-0.2, 0) is 32.6 Å². The summed E-state index contributed by atoms with van der Waals surface area (Å²) in [6, 6.07) is 32.2. The van der Waals surface area contributed by atoms with E-state index in [9.17, 15) is 10.4 Å². The summed E-state index contributed by atoms with van der Waals surface area (Å²) < 4.78 is 5.98. The largest absolute Gasteiger partial charge is 0.460 e. The summed E-state index contributed by atoms with van der Waals surface area (Å²) >= 11 is 0. The van der Waals surface area contributed by atoms with Crippen LogP contribution in [0.1, 0.15) is 52.9 Å². The van der Waals surface area contributed by atoms with Gasteiger partial charge in [0, 0.05) is 24.8 Å². The first-order valence-electron chi connectivity index (χ1n) is 15.4. The van der Waals surface area contributed by atoms with Crippen LogP contribution in [0.25, 0.3) is 22.4 Å². The number of aromatic amines is 1. The molecule has 45 heavy (non-hydrogen) atoms. The first-order valence-corrected chi connectivity index (χ1v) is 15.4. The number of H-pyrrole nitrogens is 1. The maximum absolute atomic E-state index is 9.53. The first kappa shape index (κ1) is 28.9. The molecule has 1 unspecified atom stereocenters. The minimum absolute atomic E-state index is 0.114. The fourth-order valence-corrected chi connectivity index (χ4v) is 6.29. The quantitative estimate of drug-likeness (QED) is 0.116. The van der Waals surface area contributed by atoms with Gasteiger partial charge in [-0.25, -0.2) is 4.98 Å². The van der Waals surface area contributed by atoms with Crippen LogP contribution in [0.5, 0.6) is 0 Å². The molecule has 0 saturated heterocycles. The van der Waals surface area contributed by atoms with E-state index in [-0.39, 0.29) is 17.0 Å². The molecule has 0 fully saturated rings. The highest BCUT2D eigenvalue weighted by Gasteiger charge is 2.28. The van der Waals surface area contributed by atoms with Crippen molar-refractivity contribution in [1.82, 2.24) is 25.2 Å². The number of nitrogens with one attached hydrogen (secondary N) is 2. The van der Waals surface area contributed by atoms with Gasteiger partial charge >= 0.3 is 0 Å². The Hall–Kier alpha value is -4.80. The minimum Gasteiger partial charge on any atom is -0.460 e. The molecule has 0 saturated carbocycles. The molecule has 3 aromatic carbocycles. The van der Waals surface area contributed by atoms with Gasteiger partial charge in [-0.1, -0.05) is 54.6 Å². The molecule has 7 rings (SSSR count). The van der Waals surface area contributed by atoms with Crippen LogP contribution in [0.2, 0.25) is 0 Å². The summed E-state index contributed by atoms with van der Waals surface area (Å²) in [4.78, 5) is 15.8. The Morgan fingerprint density at radius 1 is 0.844 bits per heavy atom. The lowest BCUT2D eigenvalue weighted by Gasteiger charge is -2.34. The minimum atomic E-state index is 0.114. The smallest absolute Gasteiger partial charge is 0.136 e. The average molecular weight is 601 g/mol. The van der Waals surface area contributed by atoms with Gasteiger partial charge in [-0.05, 0) is 78.4 Å². The van der Waals surface area contributed by atoms with Crippen LogP contribution in [0.4, 0.5) is 5.69 Å². The Morgan fingerprint density at radius 2 is 1.67 bits per heavy atom. The molecule has 1 aliphatic rings. The van der Waals surface area contributed by atoms with Gasteiger partial charge in [-0.3, -0.25) is 20.3 Å². The van der Waals surface area contributed by atoms with Crippen LogP contribution in [0.15, 0.2) is 108 Å². The Labute approximate surface area is 261 Å². The van der Waals surface area contributed by atoms with Crippen LogP contribution >= 0.6 is 0 Å². The van der Waals surface area contributed by atoms with E-state index >= 15 is 0 Å². The third-order valence-corrected chi connectivity index (χ3v) is 8.48. The molecular formula is C36H36N6O3. The number of aromatic nitrogens is 3. The van der Waals surface area contributed by atoms with E-state index in [4.69, 9.17) is 14.4 Å². The molecule has 9 nitrogen and oxygen atoms in total. The van der Waals surface area contributed by atoms with Gasteiger partial charge in [-0.15, -0.1) is 5.23 Å². The highest BCUT2D eigenvalue weighted by molar-refractivity contribution is 5.75. The van der Waals surface area contributed by atoms with Crippen molar-refractivity contribution >= 4 is 16.7 Å². The lowest BCUT2D eigenvalue weighted by Crippen LogP contribution is -2.31. The number of hydrogen-bond acceptors (Lipinski definition) is 8. The van der Waals surface area contributed by atoms with Crippen molar-refractivity contribution in [2.24, 2.45) is 0 Å². The highest BCUT2D eigenvalue weighted by Crippen LogP contribution is 2.35. The van der Waals surface area contributed by atoms with Crippen molar-refractivity contribution in [3.63, 3.8) is 0 Å². The number of para-hydroxylation sites is 3. The zero-order valence-electron chi connectivity index (χ0n) is 24.9. The molecule has 0 radical (unpaired) electrons. The van der Waals surface area contributed by atoms with E-state index in [2.05, 4.69) is 57.7 Å². The molecule has 6 aromatic rings. The Morgan fingerprint density at radius 3 is 2.53 bits per heavy atom. The molecule has 0 amide bonds. The number of anilines is 1. The zero-order chi connectivity index (χ0) is 30.6. The summed E-state index contributed by atoms with van der Waals surface area (Å²) in [5, 5.41) is 22.6. The van der Waals surface area contributed by atoms with Crippen molar-refractivity contribution < 1.29 is 14.8 Å². The van der Waals surface area contributed by atoms with Crippen molar-refractivity contribution in [2.45, 2.75) is 51.5 Å². The molecule has 228 valence electrons. The van der Waals surface area contributed by atoms with E-state index in [1.54, 1.807) is 18.2 Å². The van der Waals surface area contributed by atoms with E-state index < -0.39 is 0 Å². The Kier molecular flexibility index (Phi) is 8.39. The number of rotatable bonds is 11. The van der Waals surface area contributed by atoms with Crippen LogP contribution in [-0.4, -0.2) is 30.3 Å². The van der Waals surface area contributed by atoms with Crippen molar-refractivity contribution in [2.75, 3.05) is 5.23 Å². The van der Waals surface area contributed by atoms with Gasteiger partial charge in [0.15, 0.2) is 0 Å². The zero-order valence-corrected chi connectivity index (χ0v) is 24.9. The monoisotopic (exact) mass is 600 g/mol. The number of furan rings is 1. The number of imidazole rings is 1. The number of nitrogens with zero attached hydrogens (tertiary/aromatic N) is 4. The SMILES string of the molecule is ON(O)c1ccccc1-c1ccc(CNCc2ccc(CN(Cc3nc4ccccc4[nH]3)C3CCCc4cccnc43)cc2)o1. The number of hydrogen-bond donors (Lipinski definition) is 4. The second kappa shape index (κ2) is 13.1. The van der Waals surface area contributed by atoms with Crippen molar-refractivity contribution in [3.8, 4) is 11.3 Å². The van der Waals surface area contributed by atoms with Gasteiger partial charge in [0.2, 0.25) is 0 Å². The Balaban J connectivity index is 1.02. The standard InChI is InChI=1S/C36H36N6O3/c43-42(44)32-12-4-1-9-29(32)34-19-18-28(45-34)22-37-21-25-14-16-26(17-15-25)23-41(24-35-39-30-10-2-3-11-31(30)40-35)33-13-5-7-27-8-6-20-38-36(27)33/h1-4,6,8-12,14-20,33,37,43-44H,5,7,13,21-24H2,(H,39,40). The molecule has 3 aromatic heterocycles. The average Bonchev–Trinajstić information content (AvgIpc) is 3.72. The predicted molar refractivity (Wildman–Crippen MR) is 172 cm³/mol. The summed E-state index contributed by atoms with van der Waals surface area (Å²) in [5.74, 6) is 2.30. The maximum Gasteiger partial charge on any atom is 0.136 e. The predicted octanol–water partition coefficient (Wildman–Crippen LogP) is 7.17. The molecule has 1 aliphatic carbocycles. The first-order chi connectivity index (χ1) is 22.1. The third-order valence-electron chi connectivity index (χ3n) is 8.48. The molecule has 9 heteroatoms. The molecule has 4 N–H and O–H groups in total. The molecule has 1 atom stereocenters. The lowest BCUT2D eigenvalue weighted by molar-refractivity contribution is 0.0294. The fourth-order valence-electron chi connectivity index (χ4n) is 6.29. The fraction of sp³-hybridized carbons (Fsp3) is 0.222. The van der Waals surface area contributed by atoms with Crippen LogP contribution in [0.3, 0.4) is 0 Å². The second-order valence-electron chi connectivity index (χ2n) is 11.6. The van der Waals surface area contributed by atoms with Crippen LogP contribution < -0.4 is 10.5 Å². The second-order valence-corrected chi connectivity index (χ2v) is 11.6.